The van der Waals surface area contributed by atoms with E-state index in [2.05, 4.69) is 5.32 Å². The van der Waals surface area contributed by atoms with Crippen LogP contribution >= 0.6 is 0 Å². The minimum absolute atomic E-state index is 0.0522. The highest BCUT2D eigenvalue weighted by molar-refractivity contribution is 5.94. The summed E-state index contributed by atoms with van der Waals surface area (Å²) in [6.45, 7) is 2.55. The Hall–Kier alpha value is -2.37. The first-order valence-electron chi connectivity index (χ1n) is 10.1. The Morgan fingerprint density at radius 1 is 1.00 bits per heavy atom. The molecule has 0 spiro atoms. The zero-order valence-electron chi connectivity index (χ0n) is 15.7. The van der Waals surface area contributed by atoms with Gasteiger partial charge in [0.2, 0.25) is 17.7 Å². The fourth-order valence-electron chi connectivity index (χ4n) is 4.44. The van der Waals surface area contributed by atoms with Gasteiger partial charge in [-0.25, -0.2) is 0 Å². The highest BCUT2D eigenvalue weighted by Gasteiger charge is 2.30. The monoisotopic (exact) mass is 369 g/mol. The maximum absolute atomic E-state index is 12.7. The minimum Gasteiger partial charge on any atom is -0.339 e. The summed E-state index contributed by atoms with van der Waals surface area (Å²) in [4.78, 5) is 40.5. The van der Waals surface area contributed by atoms with Gasteiger partial charge in [-0.2, -0.15) is 0 Å². The lowest BCUT2D eigenvalue weighted by molar-refractivity contribution is -0.141. The van der Waals surface area contributed by atoms with E-state index >= 15 is 0 Å². The third kappa shape index (κ3) is 3.99. The number of hydrogen-bond donors (Lipinski definition) is 1. The average Bonchev–Trinajstić information content (AvgIpc) is 3.22. The van der Waals surface area contributed by atoms with Gasteiger partial charge < -0.3 is 15.1 Å². The van der Waals surface area contributed by atoms with E-state index < -0.39 is 0 Å². The average molecular weight is 369 g/mol. The smallest absolute Gasteiger partial charge is 0.227 e. The van der Waals surface area contributed by atoms with Gasteiger partial charge in [0, 0.05) is 44.2 Å². The Morgan fingerprint density at radius 3 is 2.44 bits per heavy atom. The van der Waals surface area contributed by atoms with E-state index in [1.807, 2.05) is 28.0 Å². The number of carbonyl (C=O) groups excluding carboxylic acids is 3. The number of nitrogens with one attached hydrogen (secondary N) is 1. The lowest BCUT2D eigenvalue weighted by atomic mass is 9.99. The van der Waals surface area contributed by atoms with E-state index in [0.717, 1.165) is 36.1 Å². The molecule has 3 aliphatic rings. The van der Waals surface area contributed by atoms with Gasteiger partial charge in [-0.1, -0.05) is 25.0 Å². The molecule has 1 aromatic carbocycles. The number of aryl methyl sites for hydroxylation is 1. The molecule has 1 saturated carbocycles. The lowest BCUT2D eigenvalue weighted by Gasteiger charge is -2.36. The van der Waals surface area contributed by atoms with Gasteiger partial charge in [0.25, 0.3) is 0 Å². The molecule has 0 unspecified atom stereocenters. The van der Waals surface area contributed by atoms with Crippen LogP contribution in [0.1, 0.15) is 43.2 Å². The Bertz CT molecular complexity index is 747. The molecule has 0 atom stereocenters. The molecule has 1 aliphatic carbocycles. The van der Waals surface area contributed by atoms with Gasteiger partial charge >= 0.3 is 0 Å². The maximum atomic E-state index is 12.7. The van der Waals surface area contributed by atoms with Crippen molar-refractivity contribution in [2.24, 2.45) is 5.92 Å². The molecule has 1 N–H and O–H groups in total. The van der Waals surface area contributed by atoms with Gasteiger partial charge in [0.15, 0.2) is 0 Å². The molecule has 0 radical (unpaired) electrons. The van der Waals surface area contributed by atoms with E-state index in [9.17, 15) is 14.4 Å². The topological polar surface area (TPSA) is 69.7 Å². The standard InChI is InChI=1S/C21H27N3O3/c25-19-8-6-17-13-15(5-7-18(17)22-19)14-20(26)23-9-11-24(12-10-23)21(27)16-3-1-2-4-16/h5,7,13,16H,1-4,6,8-12,14H2,(H,22,25). The third-order valence-electron chi connectivity index (χ3n) is 6.07. The summed E-state index contributed by atoms with van der Waals surface area (Å²) >= 11 is 0. The van der Waals surface area contributed by atoms with Crippen molar-refractivity contribution in [1.29, 1.82) is 0 Å². The minimum atomic E-state index is 0.0522. The summed E-state index contributed by atoms with van der Waals surface area (Å²) < 4.78 is 0. The molecule has 4 rings (SSSR count). The highest BCUT2D eigenvalue weighted by atomic mass is 16.2. The number of nitrogens with zero attached hydrogens (tertiary/aromatic N) is 2. The van der Waals surface area contributed by atoms with Gasteiger partial charge in [0.1, 0.15) is 0 Å². The number of hydrogen-bond acceptors (Lipinski definition) is 3. The van der Waals surface area contributed by atoms with Crippen molar-refractivity contribution in [1.82, 2.24) is 9.80 Å². The molecule has 3 amide bonds. The Morgan fingerprint density at radius 2 is 1.70 bits per heavy atom. The van der Waals surface area contributed by atoms with Crippen LogP contribution in [0.4, 0.5) is 5.69 Å². The predicted molar refractivity (Wildman–Crippen MR) is 102 cm³/mol. The van der Waals surface area contributed by atoms with Crippen LogP contribution in [0.15, 0.2) is 18.2 Å². The Kier molecular flexibility index (Phi) is 5.14. The number of fused-ring (bicyclic) bond motifs is 1. The van der Waals surface area contributed by atoms with Gasteiger partial charge in [0.05, 0.1) is 6.42 Å². The largest absolute Gasteiger partial charge is 0.339 e. The van der Waals surface area contributed by atoms with E-state index in [0.29, 0.717) is 39.0 Å². The molecule has 2 aliphatic heterocycles. The Labute approximate surface area is 159 Å². The number of piperazine rings is 1. The van der Waals surface area contributed by atoms with Crippen LogP contribution in [0, 0.1) is 5.92 Å². The summed E-state index contributed by atoms with van der Waals surface area (Å²) in [5.41, 5.74) is 2.95. The van der Waals surface area contributed by atoms with Crippen LogP contribution in [-0.4, -0.2) is 53.7 Å². The van der Waals surface area contributed by atoms with Crippen molar-refractivity contribution in [2.45, 2.75) is 44.9 Å². The van der Waals surface area contributed by atoms with Crippen LogP contribution in [0.25, 0.3) is 0 Å². The van der Waals surface area contributed by atoms with Crippen molar-refractivity contribution in [3.05, 3.63) is 29.3 Å². The molecule has 0 aromatic heterocycles. The summed E-state index contributed by atoms with van der Waals surface area (Å²) in [5, 5.41) is 2.87. The van der Waals surface area contributed by atoms with Crippen LogP contribution in [0.5, 0.6) is 0 Å². The second kappa shape index (κ2) is 7.71. The first-order chi connectivity index (χ1) is 13.1. The summed E-state index contributed by atoms with van der Waals surface area (Å²) in [6.07, 6.45) is 5.98. The summed E-state index contributed by atoms with van der Waals surface area (Å²) in [6, 6.07) is 5.85. The summed E-state index contributed by atoms with van der Waals surface area (Å²) in [7, 11) is 0. The van der Waals surface area contributed by atoms with E-state index in [1.54, 1.807) is 0 Å². The van der Waals surface area contributed by atoms with Crippen molar-refractivity contribution >= 4 is 23.4 Å². The quantitative estimate of drug-likeness (QED) is 0.886. The van der Waals surface area contributed by atoms with Crippen LogP contribution in [0.3, 0.4) is 0 Å². The first kappa shape index (κ1) is 18.0. The molecule has 6 heteroatoms. The van der Waals surface area contributed by atoms with Crippen LogP contribution < -0.4 is 5.32 Å². The fraction of sp³-hybridized carbons (Fsp3) is 0.571. The second-order valence-electron chi connectivity index (χ2n) is 7.90. The molecule has 2 heterocycles. The zero-order chi connectivity index (χ0) is 18.8. The van der Waals surface area contributed by atoms with Crippen LogP contribution in [-0.2, 0) is 27.2 Å². The van der Waals surface area contributed by atoms with Gasteiger partial charge in [-0.05, 0) is 36.5 Å². The van der Waals surface area contributed by atoms with Crippen molar-refractivity contribution < 1.29 is 14.4 Å². The van der Waals surface area contributed by atoms with Gasteiger partial charge in [-0.15, -0.1) is 0 Å². The molecule has 144 valence electrons. The molecular formula is C21H27N3O3. The number of amides is 3. The normalized spacial score (nSPS) is 20.4. The zero-order valence-corrected chi connectivity index (χ0v) is 15.7. The number of anilines is 1. The number of rotatable bonds is 3. The van der Waals surface area contributed by atoms with E-state index in [1.165, 1.54) is 12.8 Å². The van der Waals surface area contributed by atoms with E-state index in [-0.39, 0.29) is 23.6 Å². The predicted octanol–water partition coefficient (Wildman–Crippen LogP) is 1.97. The third-order valence-corrected chi connectivity index (χ3v) is 6.07. The molecule has 1 saturated heterocycles. The summed E-state index contributed by atoms with van der Waals surface area (Å²) in [5.74, 6) is 0.665. The number of carbonyl (C=O) groups is 3. The highest BCUT2D eigenvalue weighted by Crippen LogP contribution is 2.27. The second-order valence-corrected chi connectivity index (χ2v) is 7.90. The molecule has 27 heavy (non-hydrogen) atoms. The van der Waals surface area contributed by atoms with Crippen molar-refractivity contribution in [2.75, 3.05) is 31.5 Å². The fourth-order valence-corrected chi connectivity index (χ4v) is 4.44. The van der Waals surface area contributed by atoms with Crippen molar-refractivity contribution in [3.63, 3.8) is 0 Å². The molecule has 6 nitrogen and oxygen atoms in total. The maximum Gasteiger partial charge on any atom is 0.227 e. The molecule has 1 aromatic rings. The molecular weight excluding hydrogens is 342 g/mol. The first-order valence-corrected chi connectivity index (χ1v) is 10.1. The Balaban J connectivity index is 1.31. The molecule has 0 bridgehead atoms. The lowest BCUT2D eigenvalue weighted by Crippen LogP contribution is -2.52. The van der Waals surface area contributed by atoms with Gasteiger partial charge in [-0.3, -0.25) is 14.4 Å². The SMILES string of the molecule is O=C1CCc2cc(CC(=O)N3CCN(C(=O)C4CCCC4)CC3)ccc2N1. The van der Waals surface area contributed by atoms with Crippen molar-refractivity contribution in [3.8, 4) is 0 Å². The number of benzene rings is 1. The van der Waals surface area contributed by atoms with Crippen LogP contribution in [0.2, 0.25) is 0 Å². The molecule has 2 fully saturated rings. The van der Waals surface area contributed by atoms with E-state index in [4.69, 9.17) is 0 Å².